The van der Waals surface area contributed by atoms with Gasteiger partial charge in [-0.05, 0) is 34.7 Å². The predicted octanol–water partition coefficient (Wildman–Crippen LogP) is 2.64. The fourth-order valence-electron chi connectivity index (χ4n) is 3.58. The quantitative estimate of drug-likeness (QED) is 0.774. The number of benzene rings is 2. The van der Waals surface area contributed by atoms with Crippen LogP contribution in [0.5, 0.6) is 0 Å². The lowest BCUT2D eigenvalue weighted by atomic mass is 10.0. The monoisotopic (exact) mass is 253 g/mol. The molecule has 0 unspecified atom stereocenters. The van der Waals surface area contributed by atoms with E-state index in [-0.39, 0.29) is 0 Å². The van der Waals surface area contributed by atoms with Gasteiger partial charge in [-0.3, -0.25) is 4.90 Å². The van der Waals surface area contributed by atoms with Gasteiger partial charge in [0.05, 0.1) is 13.2 Å². The summed E-state index contributed by atoms with van der Waals surface area (Å²) in [6.45, 7) is 3.98. The first kappa shape index (κ1) is 11.4. The number of hydrogen-bond acceptors (Lipinski definition) is 2. The second kappa shape index (κ2) is 4.62. The highest BCUT2D eigenvalue weighted by molar-refractivity contribution is 5.87. The van der Waals surface area contributed by atoms with Crippen LogP contribution in [0.1, 0.15) is 11.1 Å². The smallest absolute Gasteiger partial charge is 0.0594 e. The van der Waals surface area contributed by atoms with E-state index in [1.54, 1.807) is 11.1 Å². The number of rotatable bonds is 1. The molecule has 0 N–H and O–H groups in total. The van der Waals surface area contributed by atoms with Gasteiger partial charge >= 0.3 is 0 Å². The zero-order valence-electron chi connectivity index (χ0n) is 11.1. The van der Waals surface area contributed by atoms with Crippen LogP contribution in [0.2, 0.25) is 0 Å². The van der Waals surface area contributed by atoms with Crippen LogP contribution in [0.4, 0.5) is 0 Å². The summed E-state index contributed by atoms with van der Waals surface area (Å²) >= 11 is 0. The summed E-state index contributed by atoms with van der Waals surface area (Å²) in [5.74, 6) is 0. The Kier molecular flexibility index (Phi) is 2.78. The van der Waals surface area contributed by atoms with Crippen molar-refractivity contribution in [3.63, 3.8) is 0 Å². The standard InChI is InChI=1S/C17H19NO/c1-2-4-16-13(3-1)5-6-14-11-15(12-17(14)16)18-7-9-19-10-8-18/h1-6,15H,7-12H2/t15-/m1/s1. The molecule has 0 radical (unpaired) electrons. The van der Waals surface area contributed by atoms with Crippen molar-refractivity contribution in [3.05, 3.63) is 47.5 Å². The number of hydrogen-bond donors (Lipinski definition) is 0. The number of ether oxygens (including phenoxy) is 1. The van der Waals surface area contributed by atoms with Crippen LogP contribution in [0, 0.1) is 0 Å². The summed E-state index contributed by atoms with van der Waals surface area (Å²) in [5, 5.41) is 2.83. The van der Waals surface area contributed by atoms with Gasteiger partial charge in [0.2, 0.25) is 0 Å². The first-order valence-electron chi connectivity index (χ1n) is 7.23. The van der Waals surface area contributed by atoms with Gasteiger partial charge in [-0.1, -0.05) is 36.4 Å². The summed E-state index contributed by atoms with van der Waals surface area (Å²) in [6.07, 6.45) is 2.41. The van der Waals surface area contributed by atoms with Crippen LogP contribution >= 0.6 is 0 Å². The van der Waals surface area contributed by atoms with Gasteiger partial charge in [0.25, 0.3) is 0 Å². The lowest BCUT2D eigenvalue weighted by molar-refractivity contribution is 0.0187. The van der Waals surface area contributed by atoms with Crippen LogP contribution < -0.4 is 0 Å². The van der Waals surface area contributed by atoms with Crippen molar-refractivity contribution in [2.24, 2.45) is 0 Å². The van der Waals surface area contributed by atoms with Gasteiger partial charge in [0.1, 0.15) is 0 Å². The van der Waals surface area contributed by atoms with Crippen LogP contribution in [-0.2, 0) is 17.6 Å². The van der Waals surface area contributed by atoms with E-state index in [1.807, 2.05) is 0 Å². The molecule has 1 heterocycles. The summed E-state index contributed by atoms with van der Waals surface area (Å²) in [6, 6.07) is 14.1. The molecule has 2 aromatic carbocycles. The van der Waals surface area contributed by atoms with Crippen molar-refractivity contribution in [1.82, 2.24) is 4.90 Å². The van der Waals surface area contributed by atoms with Crippen molar-refractivity contribution in [2.45, 2.75) is 18.9 Å². The van der Waals surface area contributed by atoms with Crippen molar-refractivity contribution in [1.29, 1.82) is 0 Å². The summed E-state index contributed by atoms with van der Waals surface area (Å²) in [4.78, 5) is 2.61. The Morgan fingerprint density at radius 3 is 2.68 bits per heavy atom. The summed E-state index contributed by atoms with van der Waals surface area (Å²) in [7, 11) is 0. The number of nitrogens with zero attached hydrogens (tertiary/aromatic N) is 1. The molecule has 1 saturated heterocycles. The number of morpholine rings is 1. The minimum Gasteiger partial charge on any atom is -0.379 e. The molecule has 2 nitrogen and oxygen atoms in total. The molecule has 0 aromatic heterocycles. The molecule has 2 heteroatoms. The van der Waals surface area contributed by atoms with Crippen molar-refractivity contribution in [3.8, 4) is 0 Å². The maximum absolute atomic E-state index is 5.46. The largest absolute Gasteiger partial charge is 0.379 e. The van der Waals surface area contributed by atoms with Gasteiger partial charge in [-0.2, -0.15) is 0 Å². The van der Waals surface area contributed by atoms with Gasteiger partial charge in [0, 0.05) is 19.1 Å². The SMILES string of the molecule is c1ccc2c3c(ccc2c1)C[C@@H](N1CCOCC1)C3. The first-order valence-corrected chi connectivity index (χ1v) is 7.23. The van der Waals surface area contributed by atoms with E-state index in [9.17, 15) is 0 Å². The van der Waals surface area contributed by atoms with Gasteiger partial charge in [-0.15, -0.1) is 0 Å². The van der Waals surface area contributed by atoms with E-state index in [4.69, 9.17) is 4.74 Å². The van der Waals surface area contributed by atoms with E-state index in [0.717, 1.165) is 26.3 Å². The van der Waals surface area contributed by atoms with Crippen LogP contribution in [0.15, 0.2) is 36.4 Å². The topological polar surface area (TPSA) is 12.5 Å². The molecule has 0 bridgehead atoms. The fraction of sp³-hybridized carbons (Fsp3) is 0.412. The van der Waals surface area contributed by atoms with Crippen LogP contribution in [-0.4, -0.2) is 37.2 Å². The molecule has 1 fully saturated rings. The molecule has 98 valence electrons. The summed E-state index contributed by atoms with van der Waals surface area (Å²) < 4.78 is 5.46. The first-order chi connectivity index (χ1) is 9.42. The zero-order valence-corrected chi connectivity index (χ0v) is 11.1. The highest BCUT2D eigenvalue weighted by Crippen LogP contribution is 2.32. The van der Waals surface area contributed by atoms with Gasteiger partial charge < -0.3 is 4.74 Å². The molecular formula is C17H19NO. The fourth-order valence-corrected chi connectivity index (χ4v) is 3.58. The minimum atomic E-state index is 0.685. The molecule has 2 aromatic rings. The lowest BCUT2D eigenvalue weighted by Gasteiger charge is -2.32. The van der Waals surface area contributed by atoms with E-state index in [1.165, 1.54) is 23.6 Å². The number of fused-ring (bicyclic) bond motifs is 3. The Bertz CT molecular complexity index is 601. The summed E-state index contributed by atoms with van der Waals surface area (Å²) in [5.41, 5.74) is 3.13. The third kappa shape index (κ3) is 1.96. The molecular weight excluding hydrogens is 234 g/mol. The third-order valence-electron chi connectivity index (χ3n) is 4.59. The molecule has 19 heavy (non-hydrogen) atoms. The predicted molar refractivity (Wildman–Crippen MR) is 77.5 cm³/mol. The lowest BCUT2D eigenvalue weighted by Crippen LogP contribution is -2.43. The maximum Gasteiger partial charge on any atom is 0.0594 e. The van der Waals surface area contributed by atoms with E-state index >= 15 is 0 Å². The molecule has 2 aliphatic rings. The van der Waals surface area contributed by atoms with Crippen molar-refractivity contribution in [2.75, 3.05) is 26.3 Å². The Morgan fingerprint density at radius 2 is 1.79 bits per heavy atom. The zero-order chi connectivity index (χ0) is 12.7. The van der Waals surface area contributed by atoms with Crippen molar-refractivity contribution >= 4 is 10.8 Å². The average Bonchev–Trinajstić information content (AvgIpc) is 2.93. The Morgan fingerprint density at radius 1 is 0.947 bits per heavy atom. The molecule has 1 aliphatic carbocycles. The molecule has 0 spiro atoms. The van der Waals surface area contributed by atoms with Crippen LogP contribution in [0.3, 0.4) is 0 Å². The van der Waals surface area contributed by atoms with Crippen LogP contribution in [0.25, 0.3) is 10.8 Å². The second-order valence-electron chi connectivity index (χ2n) is 5.63. The van der Waals surface area contributed by atoms with Gasteiger partial charge in [0.15, 0.2) is 0 Å². The highest BCUT2D eigenvalue weighted by Gasteiger charge is 2.28. The molecule has 1 aliphatic heterocycles. The Labute approximate surface area is 114 Å². The van der Waals surface area contributed by atoms with E-state index < -0.39 is 0 Å². The normalized spacial score (nSPS) is 23.7. The van der Waals surface area contributed by atoms with Gasteiger partial charge in [-0.25, -0.2) is 0 Å². The van der Waals surface area contributed by atoms with E-state index in [2.05, 4.69) is 41.3 Å². The van der Waals surface area contributed by atoms with E-state index in [0.29, 0.717) is 6.04 Å². The highest BCUT2D eigenvalue weighted by atomic mass is 16.5. The minimum absolute atomic E-state index is 0.685. The maximum atomic E-state index is 5.46. The Hall–Kier alpha value is -1.38. The molecule has 4 rings (SSSR count). The second-order valence-corrected chi connectivity index (χ2v) is 5.63. The molecule has 0 saturated carbocycles. The Balaban J connectivity index is 1.67. The third-order valence-corrected chi connectivity index (χ3v) is 4.59. The average molecular weight is 253 g/mol. The molecule has 0 amide bonds. The molecule has 1 atom stereocenters. The van der Waals surface area contributed by atoms with Crippen molar-refractivity contribution < 1.29 is 4.74 Å².